The Morgan fingerprint density at radius 1 is 1.20 bits per heavy atom. The van der Waals surface area contributed by atoms with Gasteiger partial charge in [0.15, 0.2) is 0 Å². The zero-order valence-corrected chi connectivity index (χ0v) is 10.7. The van der Waals surface area contributed by atoms with Crippen molar-refractivity contribution in [2.24, 2.45) is 0 Å². The quantitative estimate of drug-likeness (QED) is 0.366. The fraction of sp³-hybridized carbons (Fsp3) is 0.667. The third kappa shape index (κ3) is 4.56. The maximum absolute atomic E-state index is 11.2. The molecule has 0 aliphatic heterocycles. The Labute approximate surface area is 91.2 Å². The molecule has 0 saturated heterocycles. The zero-order valence-electron chi connectivity index (χ0n) is 9.66. The Morgan fingerprint density at radius 3 is 2.07 bits per heavy atom. The number of methoxy groups -OCH3 is 1. The summed E-state index contributed by atoms with van der Waals surface area (Å²) in [5.74, 6) is -0.447. The minimum absolute atomic E-state index is 0.0968. The molecule has 0 rings (SSSR count). The third-order valence-electron chi connectivity index (χ3n) is 1.88. The Bertz CT molecular complexity index is 225. The van der Waals surface area contributed by atoms with E-state index in [0.717, 1.165) is 0 Å². The molecule has 0 aromatic carbocycles. The Morgan fingerprint density at radius 2 is 1.73 bits per heavy atom. The van der Waals surface area contributed by atoms with Crippen molar-refractivity contribution in [2.75, 3.05) is 33.8 Å². The molecule has 0 saturated carbocycles. The summed E-state index contributed by atoms with van der Waals surface area (Å²) >= 11 is 0. The van der Waals surface area contributed by atoms with Gasteiger partial charge in [0.2, 0.25) is 0 Å². The van der Waals surface area contributed by atoms with Gasteiger partial charge >= 0.3 is 14.5 Å². The average Bonchev–Trinajstić information content (AvgIpc) is 2.23. The molecule has 0 aromatic rings. The number of hydrogen-bond acceptors (Lipinski definition) is 5. The van der Waals surface area contributed by atoms with Gasteiger partial charge in [0.25, 0.3) is 0 Å². The molecule has 6 heteroatoms. The molecule has 0 fully saturated rings. The van der Waals surface area contributed by atoms with Gasteiger partial charge in [0, 0.05) is 26.9 Å². The molecule has 0 spiro atoms. The first-order chi connectivity index (χ1) is 7.01. The summed E-state index contributed by atoms with van der Waals surface area (Å²) in [6.07, 6.45) is 0.406. The fourth-order valence-electron chi connectivity index (χ4n) is 0.879. The van der Waals surface area contributed by atoms with Crippen molar-refractivity contribution >= 4 is 14.5 Å². The second-order valence-electron chi connectivity index (χ2n) is 3.11. The lowest BCUT2D eigenvalue weighted by molar-refractivity contribution is -0.138. The molecular formula is C9H18O5Si. The molecule has 0 aliphatic rings. The molecular weight excluding hydrogens is 216 g/mol. The van der Waals surface area contributed by atoms with Crippen LogP contribution in [-0.4, -0.2) is 48.3 Å². The van der Waals surface area contributed by atoms with E-state index in [9.17, 15) is 4.79 Å². The molecule has 0 aromatic heterocycles. The zero-order chi connectivity index (χ0) is 11.9. The first kappa shape index (κ1) is 14.3. The standard InChI is InChI=1S/C9H18O5Si/c1-8(2)9(10)14-7-15(12-4,13-5)6-11-3/h1,6-7H2,2-5H3. The largest absolute Gasteiger partial charge is 0.460 e. The van der Waals surface area contributed by atoms with Crippen molar-refractivity contribution in [3.05, 3.63) is 12.2 Å². The van der Waals surface area contributed by atoms with Crippen LogP contribution >= 0.6 is 0 Å². The molecule has 0 heterocycles. The van der Waals surface area contributed by atoms with Crippen LogP contribution in [0.1, 0.15) is 6.92 Å². The summed E-state index contributed by atoms with van der Waals surface area (Å²) in [6, 6.07) is 0. The van der Waals surface area contributed by atoms with Crippen molar-refractivity contribution in [2.45, 2.75) is 6.92 Å². The van der Waals surface area contributed by atoms with Crippen LogP contribution < -0.4 is 0 Å². The number of carbonyl (C=O) groups is 1. The van der Waals surface area contributed by atoms with Crippen LogP contribution in [0.25, 0.3) is 0 Å². The number of hydrogen-bond donors (Lipinski definition) is 0. The van der Waals surface area contributed by atoms with Crippen molar-refractivity contribution in [1.82, 2.24) is 0 Å². The minimum Gasteiger partial charge on any atom is -0.460 e. The molecule has 0 aliphatic carbocycles. The van der Waals surface area contributed by atoms with Crippen molar-refractivity contribution in [3.63, 3.8) is 0 Å². The number of rotatable bonds is 7. The van der Waals surface area contributed by atoms with Gasteiger partial charge in [-0.15, -0.1) is 0 Å². The molecule has 0 amide bonds. The maximum atomic E-state index is 11.2. The summed E-state index contributed by atoms with van der Waals surface area (Å²) in [5, 5.41) is 0. The van der Waals surface area contributed by atoms with Crippen LogP contribution in [0.4, 0.5) is 0 Å². The molecule has 0 atom stereocenters. The van der Waals surface area contributed by atoms with Gasteiger partial charge < -0.3 is 18.3 Å². The molecule has 5 nitrogen and oxygen atoms in total. The molecule has 0 unspecified atom stereocenters. The van der Waals surface area contributed by atoms with E-state index in [1.165, 1.54) is 14.2 Å². The third-order valence-corrected chi connectivity index (χ3v) is 4.68. The summed E-state index contributed by atoms with van der Waals surface area (Å²) in [4.78, 5) is 11.2. The normalized spacial score (nSPS) is 11.2. The van der Waals surface area contributed by atoms with E-state index in [1.54, 1.807) is 14.0 Å². The molecule has 0 N–H and O–H groups in total. The van der Waals surface area contributed by atoms with E-state index >= 15 is 0 Å². The van der Waals surface area contributed by atoms with E-state index < -0.39 is 14.5 Å². The highest BCUT2D eigenvalue weighted by atomic mass is 28.4. The summed E-state index contributed by atoms with van der Waals surface area (Å²) in [7, 11) is 2.02. The van der Waals surface area contributed by atoms with Crippen molar-refractivity contribution in [3.8, 4) is 0 Å². The minimum atomic E-state index is -2.56. The predicted molar refractivity (Wildman–Crippen MR) is 57.4 cm³/mol. The highest BCUT2D eigenvalue weighted by molar-refractivity contribution is 6.67. The lowest BCUT2D eigenvalue weighted by atomic mass is 10.4. The molecule has 0 bridgehead atoms. The SMILES string of the molecule is C=C(C)C(=O)OC[Si](COC)(OC)OC. The van der Waals surface area contributed by atoms with E-state index in [2.05, 4.69) is 6.58 Å². The van der Waals surface area contributed by atoms with E-state index in [4.69, 9.17) is 18.3 Å². The van der Waals surface area contributed by atoms with Gasteiger partial charge in [-0.05, 0) is 6.92 Å². The summed E-state index contributed by atoms with van der Waals surface area (Å²) in [5.41, 5.74) is 0.350. The molecule has 15 heavy (non-hydrogen) atoms. The average molecular weight is 234 g/mol. The van der Waals surface area contributed by atoms with Crippen LogP contribution in [0.15, 0.2) is 12.2 Å². The molecule has 0 radical (unpaired) electrons. The summed E-state index contributed by atoms with van der Waals surface area (Å²) < 4.78 is 20.5. The Kier molecular flexibility index (Phi) is 6.42. The maximum Gasteiger partial charge on any atom is 0.403 e. The first-order valence-corrected chi connectivity index (χ1v) is 6.66. The van der Waals surface area contributed by atoms with Crippen LogP contribution in [-0.2, 0) is 23.1 Å². The second kappa shape index (κ2) is 6.73. The summed E-state index contributed by atoms with van der Waals surface area (Å²) in [6.45, 7) is 5.07. The van der Waals surface area contributed by atoms with Gasteiger partial charge in [-0.2, -0.15) is 0 Å². The topological polar surface area (TPSA) is 54.0 Å². The highest BCUT2D eigenvalue weighted by Gasteiger charge is 2.38. The van der Waals surface area contributed by atoms with Crippen LogP contribution in [0.2, 0.25) is 0 Å². The van der Waals surface area contributed by atoms with Gasteiger partial charge in [0.05, 0.1) is 6.23 Å². The van der Waals surface area contributed by atoms with Crippen LogP contribution in [0.5, 0.6) is 0 Å². The van der Waals surface area contributed by atoms with Crippen LogP contribution in [0.3, 0.4) is 0 Å². The highest BCUT2D eigenvalue weighted by Crippen LogP contribution is 2.07. The smallest absolute Gasteiger partial charge is 0.403 e. The lowest BCUT2D eigenvalue weighted by Gasteiger charge is -2.25. The number of ether oxygens (including phenoxy) is 2. The predicted octanol–water partition coefficient (Wildman–Crippen LogP) is 0.565. The van der Waals surface area contributed by atoms with Gasteiger partial charge in [0.1, 0.15) is 6.23 Å². The van der Waals surface area contributed by atoms with Crippen LogP contribution in [0, 0.1) is 0 Å². The Hall–Kier alpha value is -0.693. The molecule has 88 valence electrons. The monoisotopic (exact) mass is 234 g/mol. The fourth-order valence-corrected chi connectivity index (χ4v) is 2.39. The van der Waals surface area contributed by atoms with E-state index in [1.807, 2.05) is 0 Å². The van der Waals surface area contributed by atoms with Gasteiger partial charge in [-0.25, -0.2) is 4.79 Å². The first-order valence-electron chi connectivity index (χ1n) is 4.43. The number of carbonyl (C=O) groups excluding carboxylic acids is 1. The van der Waals surface area contributed by atoms with Crippen molar-refractivity contribution < 1.29 is 23.1 Å². The van der Waals surface area contributed by atoms with Crippen molar-refractivity contribution in [1.29, 1.82) is 0 Å². The van der Waals surface area contributed by atoms with Gasteiger partial charge in [-0.3, -0.25) is 0 Å². The Balaban J connectivity index is 4.28. The second-order valence-corrected chi connectivity index (χ2v) is 6.32. The van der Waals surface area contributed by atoms with E-state index in [0.29, 0.717) is 11.8 Å². The lowest BCUT2D eigenvalue weighted by Crippen LogP contribution is -2.51. The van der Waals surface area contributed by atoms with E-state index in [-0.39, 0.29) is 6.23 Å². The van der Waals surface area contributed by atoms with Gasteiger partial charge in [-0.1, -0.05) is 6.58 Å². The number of esters is 1.